The smallest absolute Gasteiger partial charge is 0.337 e. The van der Waals surface area contributed by atoms with E-state index in [-0.39, 0.29) is 5.91 Å². The molecular weight excluding hydrogens is 278 g/mol. The molecule has 0 saturated carbocycles. The maximum atomic E-state index is 12.2. The summed E-state index contributed by atoms with van der Waals surface area (Å²) in [5.41, 5.74) is 4.21. The molecule has 114 valence electrons. The highest BCUT2D eigenvalue weighted by molar-refractivity contribution is 5.95. The minimum atomic E-state index is -0.425. The van der Waals surface area contributed by atoms with E-state index in [4.69, 9.17) is 0 Å². The maximum Gasteiger partial charge on any atom is 0.337 e. The molecule has 0 spiro atoms. The summed E-state index contributed by atoms with van der Waals surface area (Å²) in [6.07, 6.45) is 0.302. The van der Waals surface area contributed by atoms with Gasteiger partial charge in [0.05, 0.1) is 19.1 Å². The van der Waals surface area contributed by atoms with Gasteiger partial charge in [-0.2, -0.15) is 0 Å². The number of carbonyl (C=O) groups excluding carboxylic acids is 2. The molecule has 0 fully saturated rings. The highest BCUT2D eigenvalue weighted by Gasteiger charge is 2.09. The summed E-state index contributed by atoms with van der Waals surface area (Å²) < 4.78 is 4.67. The van der Waals surface area contributed by atoms with Gasteiger partial charge in [0.1, 0.15) is 0 Å². The van der Waals surface area contributed by atoms with Crippen LogP contribution in [0.4, 0.5) is 5.69 Å². The summed E-state index contributed by atoms with van der Waals surface area (Å²) in [4.78, 5) is 23.7. The van der Waals surface area contributed by atoms with E-state index in [0.717, 1.165) is 16.7 Å². The number of methoxy groups -OCH3 is 1. The number of amides is 1. The van der Waals surface area contributed by atoms with Crippen LogP contribution in [0.25, 0.3) is 0 Å². The van der Waals surface area contributed by atoms with Gasteiger partial charge in [0, 0.05) is 5.69 Å². The zero-order valence-corrected chi connectivity index (χ0v) is 13.0. The number of carbonyl (C=O) groups is 2. The van der Waals surface area contributed by atoms with Crippen LogP contribution < -0.4 is 5.32 Å². The van der Waals surface area contributed by atoms with Gasteiger partial charge in [-0.25, -0.2) is 4.79 Å². The Bertz CT molecular complexity index is 707. The molecule has 4 nitrogen and oxygen atoms in total. The summed E-state index contributed by atoms with van der Waals surface area (Å²) in [7, 11) is 1.33. The SMILES string of the molecule is COC(=O)c1cccc(NC(=O)Cc2cc(C)ccc2C)c1. The molecule has 0 heterocycles. The van der Waals surface area contributed by atoms with Gasteiger partial charge in [0.15, 0.2) is 0 Å². The number of ether oxygens (including phenoxy) is 1. The second-order valence-electron chi connectivity index (χ2n) is 5.23. The van der Waals surface area contributed by atoms with Crippen LogP contribution in [0.15, 0.2) is 42.5 Å². The van der Waals surface area contributed by atoms with Gasteiger partial charge >= 0.3 is 5.97 Å². The normalized spacial score (nSPS) is 10.1. The molecule has 0 radical (unpaired) electrons. The number of hydrogen-bond donors (Lipinski definition) is 1. The standard InChI is InChI=1S/C18H19NO3/c1-12-7-8-13(2)15(9-12)11-17(20)19-16-6-4-5-14(10-16)18(21)22-3/h4-10H,11H2,1-3H3,(H,19,20). The Morgan fingerprint density at radius 2 is 1.86 bits per heavy atom. The van der Waals surface area contributed by atoms with Crippen LogP contribution in [0.2, 0.25) is 0 Å². The first kappa shape index (κ1) is 15.8. The quantitative estimate of drug-likeness (QED) is 0.881. The Labute approximate surface area is 130 Å². The van der Waals surface area contributed by atoms with E-state index >= 15 is 0 Å². The first-order chi connectivity index (χ1) is 10.5. The number of hydrogen-bond acceptors (Lipinski definition) is 3. The largest absolute Gasteiger partial charge is 0.465 e. The van der Waals surface area contributed by atoms with Crippen LogP contribution in [0.1, 0.15) is 27.0 Å². The lowest BCUT2D eigenvalue weighted by Gasteiger charge is -2.09. The zero-order chi connectivity index (χ0) is 16.1. The molecule has 0 bridgehead atoms. The van der Waals surface area contributed by atoms with Crippen molar-refractivity contribution >= 4 is 17.6 Å². The Morgan fingerprint density at radius 1 is 1.09 bits per heavy atom. The van der Waals surface area contributed by atoms with Crippen molar-refractivity contribution in [3.8, 4) is 0 Å². The predicted molar refractivity (Wildman–Crippen MR) is 86.0 cm³/mol. The number of rotatable bonds is 4. The van der Waals surface area contributed by atoms with Crippen molar-refractivity contribution in [3.05, 3.63) is 64.7 Å². The van der Waals surface area contributed by atoms with Crippen molar-refractivity contribution in [1.82, 2.24) is 0 Å². The molecule has 0 unspecified atom stereocenters. The van der Waals surface area contributed by atoms with Gasteiger partial charge in [-0.05, 0) is 43.2 Å². The van der Waals surface area contributed by atoms with Gasteiger partial charge in [0.25, 0.3) is 0 Å². The Kier molecular flexibility index (Phi) is 4.94. The van der Waals surface area contributed by atoms with Gasteiger partial charge in [0.2, 0.25) is 5.91 Å². The predicted octanol–water partition coefficient (Wildman–Crippen LogP) is 3.27. The Morgan fingerprint density at radius 3 is 2.59 bits per heavy atom. The average Bonchev–Trinajstić information content (AvgIpc) is 2.50. The van der Waals surface area contributed by atoms with Crippen molar-refractivity contribution < 1.29 is 14.3 Å². The molecule has 0 aromatic heterocycles. The molecule has 1 N–H and O–H groups in total. The van der Waals surface area contributed by atoms with Gasteiger partial charge in [-0.3, -0.25) is 4.79 Å². The van der Waals surface area contributed by atoms with Crippen molar-refractivity contribution in [2.45, 2.75) is 20.3 Å². The number of aryl methyl sites for hydroxylation is 2. The van der Waals surface area contributed by atoms with E-state index in [1.165, 1.54) is 7.11 Å². The zero-order valence-electron chi connectivity index (χ0n) is 13.0. The number of nitrogens with one attached hydrogen (secondary N) is 1. The molecular formula is C18H19NO3. The van der Waals surface area contributed by atoms with Crippen LogP contribution >= 0.6 is 0 Å². The molecule has 0 aliphatic carbocycles. The monoisotopic (exact) mass is 297 g/mol. The summed E-state index contributed by atoms with van der Waals surface area (Å²) in [6, 6.07) is 12.7. The third-order valence-electron chi connectivity index (χ3n) is 3.42. The fourth-order valence-corrected chi connectivity index (χ4v) is 2.21. The van der Waals surface area contributed by atoms with Crippen molar-refractivity contribution in [1.29, 1.82) is 0 Å². The number of esters is 1. The fourth-order valence-electron chi connectivity index (χ4n) is 2.21. The van der Waals surface area contributed by atoms with Crippen LogP contribution in [-0.2, 0) is 16.0 Å². The Balaban J connectivity index is 2.09. The van der Waals surface area contributed by atoms with Crippen LogP contribution in [0.3, 0.4) is 0 Å². The van der Waals surface area contributed by atoms with Crippen LogP contribution in [-0.4, -0.2) is 19.0 Å². The minimum Gasteiger partial charge on any atom is -0.465 e. The second-order valence-corrected chi connectivity index (χ2v) is 5.23. The molecule has 0 aliphatic rings. The molecule has 0 saturated heterocycles. The third kappa shape index (κ3) is 3.95. The van der Waals surface area contributed by atoms with E-state index in [1.807, 2.05) is 32.0 Å². The summed E-state index contributed by atoms with van der Waals surface area (Å²) in [5, 5.41) is 2.81. The van der Waals surface area contributed by atoms with Gasteiger partial charge < -0.3 is 10.1 Å². The minimum absolute atomic E-state index is 0.115. The Hall–Kier alpha value is -2.62. The third-order valence-corrected chi connectivity index (χ3v) is 3.42. The van der Waals surface area contributed by atoms with E-state index in [1.54, 1.807) is 24.3 Å². The number of benzene rings is 2. The van der Waals surface area contributed by atoms with Gasteiger partial charge in [-0.15, -0.1) is 0 Å². The molecule has 1 amide bonds. The summed E-state index contributed by atoms with van der Waals surface area (Å²) >= 11 is 0. The number of anilines is 1. The maximum absolute atomic E-state index is 12.2. The first-order valence-corrected chi connectivity index (χ1v) is 7.04. The highest BCUT2D eigenvalue weighted by Crippen LogP contribution is 2.14. The topological polar surface area (TPSA) is 55.4 Å². The molecule has 4 heteroatoms. The molecule has 22 heavy (non-hydrogen) atoms. The van der Waals surface area contributed by atoms with Crippen molar-refractivity contribution in [3.63, 3.8) is 0 Å². The van der Waals surface area contributed by atoms with E-state index in [9.17, 15) is 9.59 Å². The van der Waals surface area contributed by atoms with E-state index in [0.29, 0.717) is 17.7 Å². The average molecular weight is 297 g/mol. The highest BCUT2D eigenvalue weighted by atomic mass is 16.5. The van der Waals surface area contributed by atoms with Gasteiger partial charge in [-0.1, -0.05) is 29.8 Å². The van der Waals surface area contributed by atoms with E-state index in [2.05, 4.69) is 10.1 Å². The lowest BCUT2D eigenvalue weighted by atomic mass is 10.0. The molecule has 2 aromatic carbocycles. The molecule has 0 aliphatic heterocycles. The first-order valence-electron chi connectivity index (χ1n) is 7.04. The second kappa shape index (κ2) is 6.89. The molecule has 2 aromatic rings. The van der Waals surface area contributed by atoms with Crippen molar-refractivity contribution in [2.24, 2.45) is 0 Å². The van der Waals surface area contributed by atoms with Crippen molar-refractivity contribution in [2.75, 3.05) is 12.4 Å². The molecule has 2 rings (SSSR count). The molecule has 0 atom stereocenters. The lowest BCUT2D eigenvalue weighted by molar-refractivity contribution is -0.115. The van der Waals surface area contributed by atoms with Crippen LogP contribution in [0.5, 0.6) is 0 Å². The summed E-state index contributed by atoms with van der Waals surface area (Å²) in [5.74, 6) is -0.540. The fraction of sp³-hybridized carbons (Fsp3) is 0.222. The van der Waals surface area contributed by atoms with E-state index < -0.39 is 5.97 Å². The van der Waals surface area contributed by atoms with Crippen LogP contribution in [0, 0.1) is 13.8 Å². The summed E-state index contributed by atoms with van der Waals surface area (Å²) in [6.45, 7) is 3.99. The lowest BCUT2D eigenvalue weighted by Crippen LogP contribution is -2.15.